The van der Waals surface area contributed by atoms with Crippen LogP contribution in [0.4, 0.5) is 5.69 Å². The van der Waals surface area contributed by atoms with E-state index in [0.717, 1.165) is 17.0 Å². The highest BCUT2D eigenvalue weighted by molar-refractivity contribution is 7.80. The molecule has 0 heterocycles. The second-order valence-corrected chi connectivity index (χ2v) is 4.60. The van der Waals surface area contributed by atoms with Gasteiger partial charge in [-0.05, 0) is 49.0 Å². The van der Waals surface area contributed by atoms with Crippen molar-refractivity contribution in [3.63, 3.8) is 0 Å². The third kappa shape index (κ3) is 5.24. The molecule has 0 radical (unpaired) electrons. The van der Waals surface area contributed by atoms with Gasteiger partial charge in [0, 0.05) is 5.69 Å². The summed E-state index contributed by atoms with van der Waals surface area (Å²) in [5.41, 5.74) is 4.67. The van der Waals surface area contributed by atoms with Gasteiger partial charge in [0.2, 0.25) is 0 Å². The molecule has 0 unspecified atom stereocenters. The first-order chi connectivity index (χ1) is 10.3. The van der Waals surface area contributed by atoms with Crippen molar-refractivity contribution in [1.29, 1.82) is 0 Å². The van der Waals surface area contributed by atoms with E-state index in [1.165, 1.54) is 0 Å². The molecule has 4 nitrogen and oxygen atoms in total. The molecule has 0 saturated carbocycles. The highest BCUT2D eigenvalue weighted by Gasteiger charge is 1.97. The lowest BCUT2D eigenvalue weighted by atomic mass is 10.2. The molecule has 2 N–H and O–H groups in total. The van der Waals surface area contributed by atoms with Gasteiger partial charge in [0.1, 0.15) is 5.75 Å². The Bertz CT molecular complexity index is 597. The van der Waals surface area contributed by atoms with Crippen molar-refractivity contribution in [1.82, 2.24) is 5.43 Å². The summed E-state index contributed by atoms with van der Waals surface area (Å²) in [7, 11) is 0. The van der Waals surface area contributed by atoms with Crippen molar-refractivity contribution in [2.45, 2.75) is 6.92 Å². The minimum absolute atomic E-state index is 0.436. The van der Waals surface area contributed by atoms with Crippen LogP contribution in [0, 0.1) is 0 Å². The van der Waals surface area contributed by atoms with Gasteiger partial charge in [-0.1, -0.05) is 30.3 Å². The predicted octanol–water partition coefficient (Wildman–Crippen LogP) is 3.41. The lowest BCUT2D eigenvalue weighted by Crippen LogP contribution is -2.23. The first-order valence-electron chi connectivity index (χ1n) is 6.66. The molecule has 0 amide bonds. The maximum Gasteiger partial charge on any atom is 0.191 e. The Morgan fingerprint density at radius 2 is 1.86 bits per heavy atom. The largest absolute Gasteiger partial charge is 0.494 e. The molecule has 2 rings (SSSR count). The molecular formula is C16H17N3OS. The van der Waals surface area contributed by atoms with E-state index in [1.807, 2.05) is 61.5 Å². The number of benzene rings is 2. The van der Waals surface area contributed by atoms with Gasteiger partial charge in [0.15, 0.2) is 5.11 Å². The van der Waals surface area contributed by atoms with Gasteiger partial charge in [-0.2, -0.15) is 5.10 Å². The number of rotatable bonds is 5. The molecule has 0 aliphatic heterocycles. The third-order valence-electron chi connectivity index (χ3n) is 2.60. The fourth-order valence-electron chi connectivity index (χ4n) is 1.66. The number of ether oxygens (including phenoxy) is 1. The summed E-state index contributed by atoms with van der Waals surface area (Å²) in [4.78, 5) is 0. The third-order valence-corrected chi connectivity index (χ3v) is 2.80. The molecule has 0 aromatic heterocycles. The molecule has 0 aliphatic carbocycles. The van der Waals surface area contributed by atoms with Gasteiger partial charge in [-0.15, -0.1) is 0 Å². The monoisotopic (exact) mass is 299 g/mol. The summed E-state index contributed by atoms with van der Waals surface area (Å²) >= 11 is 5.17. The Kier molecular flexibility index (Phi) is 5.72. The van der Waals surface area contributed by atoms with Crippen molar-refractivity contribution >= 4 is 29.2 Å². The average molecular weight is 299 g/mol. The second kappa shape index (κ2) is 8.01. The summed E-state index contributed by atoms with van der Waals surface area (Å²) in [6, 6.07) is 17.4. The number of nitrogens with one attached hydrogen (secondary N) is 2. The van der Waals surface area contributed by atoms with Crippen molar-refractivity contribution in [3.05, 3.63) is 60.2 Å². The minimum atomic E-state index is 0.436. The van der Waals surface area contributed by atoms with Crippen LogP contribution < -0.4 is 15.5 Å². The Hall–Kier alpha value is -2.40. The normalized spacial score (nSPS) is 10.3. The highest BCUT2D eigenvalue weighted by Crippen LogP contribution is 2.15. The molecule has 108 valence electrons. The Morgan fingerprint density at radius 3 is 2.52 bits per heavy atom. The lowest BCUT2D eigenvalue weighted by Gasteiger charge is -2.08. The highest BCUT2D eigenvalue weighted by atomic mass is 32.1. The second-order valence-electron chi connectivity index (χ2n) is 4.19. The molecule has 0 bridgehead atoms. The molecule has 2 aromatic rings. The molecule has 5 heteroatoms. The van der Waals surface area contributed by atoms with Crippen LogP contribution in [0.25, 0.3) is 0 Å². The van der Waals surface area contributed by atoms with Crippen LogP contribution in [0.3, 0.4) is 0 Å². The van der Waals surface area contributed by atoms with Crippen LogP contribution in [0.2, 0.25) is 0 Å². The van der Waals surface area contributed by atoms with Crippen LogP contribution in [0.1, 0.15) is 12.5 Å². The summed E-state index contributed by atoms with van der Waals surface area (Å²) in [6.45, 7) is 2.61. The molecule has 21 heavy (non-hydrogen) atoms. The van der Waals surface area contributed by atoms with E-state index < -0.39 is 0 Å². The quantitative estimate of drug-likeness (QED) is 0.504. The van der Waals surface area contributed by atoms with E-state index in [-0.39, 0.29) is 0 Å². The van der Waals surface area contributed by atoms with Gasteiger partial charge in [-0.25, -0.2) is 0 Å². The molecule has 2 aromatic carbocycles. The summed E-state index contributed by atoms with van der Waals surface area (Å²) in [5.74, 6) is 0.837. The SMILES string of the molecule is CCOc1ccc(NC(=S)N/N=C\c2ccccc2)cc1. The maximum absolute atomic E-state index is 5.38. The fourth-order valence-corrected chi connectivity index (χ4v) is 1.84. The Balaban J connectivity index is 1.83. The molecular weight excluding hydrogens is 282 g/mol. The van der Waals surface area contributed by atoms with E-state index >= 15 is 0 Å². The van der Waals surface area contributed by atoms with Crippen molar-refractivity contribution in [2.75, 3.05) is 11.9 Å². The number of hydrogen-bond acceptors (Lipinski definition) is 3. The Labute approximate surface area is 129 Å². The van der Waals surface area contributed by atoms with E-state index in [9.17, 15) is 0 Å². The summed E-state index contributed by atoms with van der Waals surface area (Å²) in [6.07, 6.45) is 1.71. The van der Waals surface area contributed by atoms with Crippen LogP contribution in [0.15, 0.2) is 59.7 Å². The Morgan fingerprint density at radius 1 is 1.14 bits per heavy atom. The number of anilines is 1. The van der Waals surface area contributed by atoms with Gasteiger partial charge < -0.3 is 10.1 Å². The van der Waals surface area contributed by atoms with Crippen LogP contribution in [-0.2, 0) is 0 Å². The maximum atomic E-state index is 5.38. The number of hydrazone groups is 1. The van der Waals surface area contributed by atoms with Crippen molar-refractivity contribution < 1.29 is 4.74 Å². The minimum Gasteiger partial charge on any atom is -0.494 e. The van der Waals surface area contributed by atoms with Gasteiger partial charge in [0.25, 0.3) is 0 Å². The first-order valence-corrected chi connectivity index (χ1v) is 7.06. The van der Waals surface area contributed by atoms with E-state index in [4.69, 9.17) is 17.0 Å². The number of thiocarbonyl (C=S) groups is 1. The molecule has 0 fully saturated rings. The van der Waals surface area contributed by atoms with Crippen LogP contribution in [0.5, 0.6) is 5.75 Å². The van der Waals surface area contributed by atoms with Gasteiger partial charge in [-0.3, -0.25) is 5.43 Å². The summed E-state index contributed by atoms with van der Waals surface area (Å²) in [5, 5.41) is 7.57. The smallest absolute Gasteiger partial charge is 0.191 e. The van der Waals surface area contributed by atoms with Gasteiger partial charge >= 0.3 is 0 Å². The first kappa shape index (κ1) is 15.0. The fraction of sp³-hybridized carbons (Fsp3) is 0.125. The van der Waals surface area contributed by atoms with Crippen molar-refractivity contribution in [2.24, 2.45) is 5.10 Å². The molecule has 0 spiro atoms. The van der Waals surface area contributed by atoms with Crippen LogP contribution in [-0.4, -0.2) is 17.9 Å². The summed E-state index contributed by atoms with van der Waals surface area (Å²) < 4.78 is 5.38. The standard InChI is InChI=1S/C16H17N3OS/c1-2-20-15-10-8-14(9-11-15)18-16(21)19-17-12-13-6-4-3-5-7-13/h3-12H,2H2,1H3,(H2,18,19,21)/b17-12-. The zero-order chi connectivity index (χ0) is 14.9. The predicted molar refractivity (Wildman–Crippen MR) is 91.0 cm³/mol. The van der Waals surface area contributed by atoms with E-state index in [1.54, 1.807) is 6.21 Å². The van der Waals surface area contributed by atoms with Crippen LogP contribution >= 0.6 is 12.2 Å². The number of hydrogen-bond donors (Lipinski definition) is 2. The van der Waals surface area contributed by atoms with E-state index in [0.29, 0.717) is 11.7 Å². The molecule has 0 saturated heterocycles. The lowest BCUT2D eigenvalue weighted by molar-refractivity contribution is 0.340. The molecule has 0 aliphatic rings. The molecule has 0 atom stereocenters. The van der Waals surface area contributed by atoms with Crippen molar-refractivity contribution in [3.8, 4) is 5.75 Å². The number of nitrogens with zero attached hydrogens (tertiary/aromatic N) is 1. The average Bonchev–Trinajstić information content (AvgIpc) is 2.51. The zero-order valence-electron chi connectivity index (χ0n) is 11.7. The zero-order valence-corrected chi connectivity index (χ0v) is 12.6. The van der Waals surface area contributed by atoms with E-state index in [2.05, 4.69) is 15.8 Å². The van der Waals surface area contributed by atoms with Gasteiger partial charge in [0.05, 0.1) is 12.8 Å². The topological polar surface area (TPSA) is 45.6 Å².